The number of phenols is 2. The fourth-order valence-corrected chi connectivity index (χ4v) is 8.28. The van der Waals surface area contributed by atoms with Crippen molar-refractivity contribution in [3.05, 3.63) is 63.9 Å². The molecule has 0 unspecified atom stereocenters. The fourth-order valence-electron chi connectivity index (χ4n) is 5.83. The van der Waals surface area contributed by atoms with Crippen molar-refractivity contribution in [1.29, 1.82) is 0 Å². The summed E-state index contributed by atoms with van der Waals surface area (Å²) in [5, 5.41) is 53.4. The van der Waals surface area contributed by atoms with E-state index in [1.807, 2.05) is 0 Å². The number of nitrogens with zero attached hydrogens (tertiary/aromatic N) is 7. The Morgan fingerprint density at radius 1 is 0.641 bits per heavy atom. The van der Waals surface area contributed by atoms with E-state index in [2.05, 4.69) is 30.7 Å². The molecule has 0 radical (unpaired) electrons. The topological polar surface area (TPSA) is 436 Å². The number of hydrogen-bond donors (Lipinski definition) is 8. The summed E-state index contributed by atoms with van der Waals surface area (Å²) in [5.41, 5.74) is -0.843. The molecule has 4 aromatic carbocycles. The lowest BCUT2D eigenvalue weighted by Crippen LogP contribution is -2.30. The molecule has 1 heterocycles. The number of carbonyl (C=O) groups is 1. The molecule has 0 fully saturated rings. The van der Waals surface area contributed by atoms with E-state index in [0.29, 0.717) is 34.9 Å². The minimum absolute atomic E-state index is 0.216. The van der Waals surface area contributed by atoms with Gasteiger partial charge in [0.2, 0.25) is 5.88 Å². The largest absolute Gasteiger partial charge is 0.507 e. The summed E-state index contributed by atoms with van der Waals surface area (Å²) in [7, 11) is -18.8. The number of ether oxygens (including phenoxy) is 2. The molecule has 0 saturated heterocycles. The van der Waals surface area contributed by atoms with E-state index in [-0.39, 0.29) is 35.0 Å². The summed E-state index contributed by atoms with van der Waals surface area (Å²) in [6.07, 6.45) is 0. The number of amides is 1. The Balaban J connectivity index is 1.65. The lowest BCUT2D eigenvalue weighted by Gasteiger charge is -2.13. The molecule has 64 heavy (non-hydrogen) atoms. The van der Waals surface area contributed by atoms with Crippen LogP contribution in [-0.4, -0.2) is 91.9 Å². The van der Waals surface area contributed by atoms with Crippen LogP contribution in [0.3, 0.4) is 0 Å². The van der Waals surface area contributed by atoms with Gasteiger partial charge in [-0.05, 0) is 43.5 Å². The van der Waals surface area contributed by atoms with Crippen LogP contribution in [0.25, 0.3) is 10.8 Å². The Morgan fingerprint density at radius 3 is 1.53 bits per heavy atom. The number of aromatic hydroxyl groups is 3. The van der Waals surface area contributed by atoms with Crippen molar-refractivity contribution in [3.63, 3.8) is 0 Å². The minimum Gasteiger partial charge on any atom is -0.507 e. The summed E-state index contributed by atoms with van der Waals surface area (Å²) in [6.45, 7) is 2.33. The van der Waals surface area contributed by atoms with Gasteiger partial charge in [-0.3, -0.25) is 32.4 Å². The molecule has 0 aliphatic carbocycles. The Kier molecular flexibility index (Phi) is 13.0. The number of pyridine rings is 1. The van der Waals surface area contributed by atoms with Crippen LogP contribution in [-0.2, 0) is 47.0 Å². The maximum Gasteiger partial charge on any atom is 0.296 e. The molecule has 0 saturated carbocycles. The van der Waals surface area contributed by atoms with Crippen molar-refractivity contribution >= 4 is 91.3 Å². The van der Waals surface area contributed by atoms with E-state index in [0.717, 1.165) is 33.3 Å². The van der Waals surface area contributed by atoms with Gasteiger partial charge in [0.25, 0.3) is 51.9 Å². The minimum atomic E-state index is -5.37. The number of fused-ring (bicyclic) bond motifs is 1. The number of hydrogen-bond acceptors (Lipinski definition) is 21. The van der Waals surface area contributed by atoms with Crippen LogP contribution in [0.2, 0.25) is 0 Å². The van der Waals surface area contributed by atoms with Crippen molar-refractivity contribution in [2.45, 2.75) is 40.0 Å². The highest BCUT2D eigenvalue weighted by atomic mass is 32.2. The van der Waals surface area contributed by atoms with E-state index in [1.165, 1.54) is 6.92 Å². The molecule has 340 valence electrons. The third-order valence-electron chi connectivity index (χ3n) is 8.76. The van der Waals surface area contributed by atoms with E-state index in [1.54, 1.807) is 0 Å². The average molecular weight is 971 g/mol. The van der Waals surface area contributed by atoms with Crippen molar-refractivity contribution < 1.29 is 81.5 Å². The summed E-state index contributed by atoms with van der Waals surface area (Å²) < 4.78 is 149. The maximum atomic E-state index is 12.7. The number of primary amides is 1. The zero-order valence-corrected chi connectivity index (χ0v) is 35.9. The van der Waals surface area contributed by atoms with Gasteiger partial charge in [-0.2, -0.15) is 33.7 Å². The van der Waals surface area contributed by atoms with Gasteiger partial charge in [-0.1, -0.05) is 0 Å². The number of methoxy groups -OCH3 is 2. The molecular formula is C33H30N8O19S4. The second-order valence-corrected chi connectivity index (χ2v) is 18.3. The van der Waals surface area contributed by atoms with Gasteiger partial charge in [0, 0.05) is 30.3 Å². The zero-order valence-electron chi connectivity index (χ0n) is 32.6. The maximum absolute atomic E-state index is 12.7. The van der Waals surface area contributed by atoms with Crippen LogP contribution in [0.15, 0.2) is 97.5 Å². The average Bonchev–Trinajstić information content (AvgIpc) is 3.17. The predicted octanol–water partition coefficient (Wildman–Crippen LogP) is 4.80. The number of phenolic OH excluding ortho intramolecular Hbond substituents is 2. The van der Waals surface area contributed by atoms with Crippen LogP contribution in [0.4, 0.5) is 34.1 Å². The lowest BCUT2D eigenvalue weighted by molar-refractivity contribution is 0.0997. The van der Waals surface area contributed by atoms with Gasteiger partial charge in [0.1, 0.15) is 71.6 Å². The fraction of sp³-hybridized carbons (Fsp3) is 0.152. The molecule has 0 atom stereocenters. The molecule has 31 heteroatoms. The lowest BCUT2D eigenvalue weighted by atomic mass is 10.1. The molecule has 9 N–H and O–H groups in total. The van der Waals surface area contributed by atoms with Gasteiger partial charge < -0.3 is 30.5 Å². The van der Waals surface area contributed by atoms with E-state index >= 15 is 0 Å². The SMILES string of the molecule is CCn1c(O)c(/N=N/c2cc(S(=O)(=O)O)c(/N=N/c3cc(OC)c(/N=N/c4c(S(=O)(=O)O)cc5cc(S(=O)(=O)O)cc(O)c5c4O)cc3OC)cc2S(=O)(=O)O)c(C)c(C(N)=O)c1=O. The third kappa shape index (κ3) is 9.49. The van der Waals surface area contributed by atoms with Crippen LogP contribution in [0.5, 0.6) is 28.9 Å². The van der Waals surface area contributed by atoms with Crippen LogP contribution in [0.1, 0.15) is 22.8 Å². The van der Waals surface area contributed by atoms with E-state index in [4.69, 9.17) is 15.2 Å². The van der Waals surface area contributed by atoms with Gasteiger partial charge in [0.15, 0.2) is 5.75 Å². The molecule has 0 aliphatic heterocycles. The van der Waals surface area contributed by atoms with Crippen molar-refractivity contribution in [2.24, 2.45) is 36.4 Å². The number of rotatable bonds is 14. The van der Waals surface area contributed by atoms with Crippen molar-refractivity contribution in [2.75, 3.05) is 14.2 Å². The molecular weight excluding hydrogens is 941 g/mol. The summed E-state index contributed by atoms with van der Waals surface area (Å²) in [6, 6.07) is 4.64. The highest BCUT2D eigenvalue weighted by Gasteiger charge is 2.28. The Bertz CT molecular complexity index is 3440. The third-order valence-corrected chi connectivity index (χ3v) is 12.2. The quantitative estimate of drug-likeness (QED) is 0.0547. The predicted molar refractivity (Wildman–Crippen MR) is 216 cm³/mol. The van der Waals surface area contributed by atoms with Crippen LogP contribution >= 0.6 is 0 Å². The monoisotopic (exact) mass is 970 g/mol. The summed E-state index contributed by atoms with van der Waals surface area (Å²) in [4.78, 5) is 20.3. The second kappa shape index (κ2) is 17.3. The summed E-state index contributed by atoms with van der Waals surface area (Å²) in [5.74, 6) is -4.80. The Hall–Kier alpha value is -7.00. The van der Waals surface area contributed by atoms with Gasteiger partial charge in [-0.25, -0.2) is 0 Å². The number of benzene rings is 4. The molecule has 1 amide bonds. The summed E-state index contributed by atoms with van der Waals surface area (Å²) >= 11 is 0. The van der Waals surface area contributed by atoms with E-state index < -0.39 is 128 Å². The molecule has 5 aromatic rings. The molecule has 0 bridgehead atoms. The molecule has 1 aromatic heterocycles. The smallest absolute Gasteiger partial charge is 0.296 e. The first-order valence-corrected chi connectivity index (χ1v) is 22.7. The van der Waals surface area contributed by atoms with Crippen molar-refractivity contribution in [3.8, 4) is 28.9 Å². The second-order valence-electron chi connectivity index (χ2n) is 12.7. The molecule has 0 aliphatic rings. The Labute approximate surface area is 359 Å². The van der Waals surface area contributed by atoms with Gasteiger partial charge in [-0.15, -0.1) is 30.7 Å². The van der Waals surface area contributed by atoms with Crippen LogP contribution < -0.4 is 20.8 Å². The molecule has 27 nitrogen and oxygen atoms in total. The highest BCUT2D eigenvalue weighted by Crippen LogP contribution is 2.47. The van der Waals surface area contributed by atoms with Gasteiger partial charge >= 0.3 is 0 Å². The highest BCUT2D eigenvalue weighted by molar-refractivity contribution is 7.87. The first kappa shape index (κ1) is 48.0. The number of aromatic nitrogens is 1. The van der Waals surface area contributed by atoms with Gasteiger partial charge in [0.05, 0.1) is 24.5 Å². The first-order valence-electron chi connectivity index (χ1n) is 16.9. The Morgan fingerprint density at radius 2 is 1.09 bits per heavy atom. The normalized spacial score (nSPS) is 12.8. The molecule has 5 rings (SSSR count). The number of azo groups is 3. The first-order chi connectivity index (χ1) is 29.5. The van der Waals surface area contributed by atoms with E-state index in [9.17, 15) is 76.8 Å². The zero-order chi connectivity index (χ0) is 48.0. The number of nitrogens with two attached hydrogens (primary N) is 1. The van der Waals surface area contributed by atoms with Crippen molar-refractivity contribution in [1.82, 2.24) is 4.57 Å². The van der Waals surface area contributed by atoms with Crippen LogP contribution in [0, 0.1) is 6.92 Å². The molecule has 0 spiro atoms. The number of carbonyl (C=O) groups excluding carboxylic acids is 1. The standard InChI is InChI=1S/C33H30N8O19S4/c1-5-41-32(45)26(31(34)44)13(2)28(33(41)46)39-38-19-12-23(62(50,51)52)18(11-24(19)63(53,54)55)37-35-16-9-22(60-4)17(10-21(16)59-3)36-40-29-25(64(56,57)58)7-14-6-15(61(47,48)49)8-20(42)27(14)30(29)43/h6-12,42-43,46H,5H2,1-4H3,(H2,34,44)(H,47,48,49)(H,50,51,52)(H,53,54,55)(H,56,57,58)/b37-35+,39-38+,40-36+.